The van der Waals surface area contributed by atoms with Gasteiger partial charge >= 0.3 is 0 Å². The highest BCUT2D eigenvalue weighted by Crippen LogP contribution is 2.28. The van der Waals surface area contributed by atoms with Gasteiger partial charge in [0.1, 0.15) is 5.75 Å². The van der Waals surface area contributed by atoms with Gasteiger partial charge in [-0.15, -0.1) is 24.0 Å². The molecule has 1 aliphatic heterocycles. The predicted molar refractivity (Wildman–Crippen MR) is 102 cm³/mol. The highest BCUT2D eigenvalue weighted by atomic mass is 127. The number of benzene rings is 1. The molecule has 122 valence electrons. The van der Waals surface area contributed by atoms with E-state index in [-0.39, 0.29) is 24.0 Å². The highest BCUT2D eigenvalue weighted by Gasteiger charge is 2.26. The molecule has 3 rings (SSSR count). The summed E-state index contributed by atoms with van der Waals surface area (Å²) >= 11 is 0. The number of piperazine rings is 1. The lowest BCUT2D eigenvalue weighted by Crippen LogP contribution is -2.53. The van der Waals surface area contributed by atoms with Gasteiger partial charge in [0.05, 0.1) is 12.8 Å². The molecule has 2 fully saturated rings. The largest absolute Gasteiger partial charge is 0.495 e. The van der Waals surface area contributed by atoms with E-state index < -0.39 is 0 Å². The third-order valence-corrected chi connectivity index (χ3v) is 4.13. The first-order valence-electron chi connectivity index (χ1n) is 7.68. The molecule has 5 nitrogen and oxygen atoms in total. The van der Waals surface area contributed by atoms with Gasteiger partial charge in [0.15, 0.2) is 5.96 Å². The molecule has 1 saturated carbocycles. The molecule has 1 heterocycles. The zero-order valence-electron chi connectivity index (χ0n) is 13.3. The fourth-order valence-electron chi connectivity index (χ4n) is 2.76. The number of halogens is 1. The quantitative estimate of drug-likeness (QED) is 0.466. The third kappa shape index (κ3) is 3.97. The maximum Gasteiger partial charge on any atom is 0.193 e. The zero-order chi connectivity index (χ0) is 14.7. The van der Waals surface area contributed by atoms with E-state index in [1.807, 2.05) is 19.2 Å². The molecular weight excluding hydrogens is 391 g/mol. The summed E-state index contributed by atoms with van der Waals surface area (Å²) in [5.74, 6) is 2.00. The number of guanidine groups is 1. The Labute approximate surface area is 149 Å². The van der Waals surface area contributed by atoms with Crippen molar-refractivity contribution < 1.29 is 4.74 Å². The topological polar surface area (TPSA) is 40.1 Å². The van der Waals surface area contributed by atoms with Gasteiger partial charge in [-0.05, 0) is 25.0 Å². The Morgan fingerprint density at radius 3 is 2.45 bits per heavy atom. The summed E-state index contributed by atoms with van der Waals surface area (Å²) in [6.07, 6.45) is 2.56. The van der Waals surface area contributed by atoms with Crippen LogP contribution >= 0.6 is 24.0 Å². The molecule has 6 heteroatoms. The lowest BCUT2D eigenvalue weighted by molar-refractivity contribution is 0.367. The van der Waals surface area contributed by atoms with Gasteiger partial charge in [0.2, 0.25) is 0 Å². The van der Waals surface area contributed by atoms with Crippen LogP contribution in [-0.2, 0) is 0 Å². The number of anilines is 1. The Bertz CT molecular complexity index is 511. The summed E-state index contributed by atoms with van der Waals surface area (Å²) in [6.45, 7) is 3.96. The van der Waals surface area contributed by atoms with Crippen LogP contribution in [0, 0.1) is 0 Å². The smallest absolute Gasteiger partial charge is 0.193 e. The molecule has 0 aromatic heterocycles. The number of nitrogens with zero attached hydrogens (tertiary/aromatic N) is 3. The van der Waals surface area contributed by atoms with Gasteiger partial charge in [0.25, 0.3) is 0 Å². The molecular formula is C16H25IN4O. The normalized spacial score (nSPS) is 18.7. The van der Waals surface area contributed by atoms with Gasteiger partial charge in [-0.1, -0.05) is 12.1 Å². The van der Waals surface area contributed by atoms with Crippen LogP contribution in [0.3, 0.4) is 0 Å². The van der Waals surface area contributed by atoms with E-state index in [9.17, 15) is 0 Å². The molecule has 1 saturated heterocycles. The summed E-state index contributed by atoms with van der Waals surface area (Å²) in [5, 5.41) is 3.52. The van der Waals surface area contributed by atoms with Crippen LogP contribution in [0.1, 0.15) is 12.8 Å². The zero-order valence-corrected chi connectivity index (χ0v) is 15.6. The number of ether oxygens (including phenoxy) is 1. The number of methoxy groups -OCH3 is 1. The minimum Gasteiger partial charge on any atom is -0.495 e. The van der Waals surface area contributed by atoms with Gasteiger partial charge < -0.3 is 19.9 Å². The Kier molecular flexibility index (Phi) is 6.16. The molecule has 1 aromatic rings. The minimum absolute atomic E-state index is 0. The fourth-order valence-corrected chi connectivity index (χ4v) is 2.76. The average molecular weight is 416 g/mol. The maximum atomic E-state index is 5.46. The number of hydrogen-bond donors (Lipinski definition) is 1. The van der Waals surface area contributed by atoms with E-state index >= 15 is 0 Å². The summed E-state index contributed by atoms with van der Waals surface area (Å²) in [4.78, 5) is 9.15. The van der Waals surface area contributed by atoms with E-state index in [0.717, 1.165) is 37.9 Å². The van der Waals surface area contributed by atoms with Gasteiger partial charge in [-0.3, -0.25) is 4.99 Å². The standard InChI is InChI=1S/C16H24N4O.HI/c1-17-16(18-13-7-8-13)20-11-9-19(10-12-20)14-5-3-4-6-15(14)21-2;/h3-6,13H,7-12H2,1-2H3,(H,17,18);1H. The highest BCUT2D eigenvalue weighted by molar-refractivity contribution is 14.0. The number of rotatable bonds is 3. The van der Waals surface area contributed by atoms with Crippen molar-refractivity contribution in [1.29, 1.82) is 0 Å². The number of hydrogen-bond acceptors (Lipinski definition) is 3. The molecule has 0 radical (unpaired) electrons. The molecule has 0 spiro atoms. The van der Waals surface area contributed by atoms with E-state index in [1.54, 1.807) is 7.11 Å². The van der Waals surface area contributed by atoms with Gasteiger partial charge in [-0.2, -0.15) is 0 Å². The van der Waals surface area contributed by atoms with Crippen molar-refractivity contribution in [3.8, 4) is 5.75 Å². The van der Waals surface area contributed by atoms with E-state index in [1.165, 1.54) is 18.5 Å². The molecule has 22 heavy (non-hydrogen) atoms. The summed E-state index contributed by atoms with van der Waals surface area (Å²) in [5.41, 5.74) is 1.18. The summed E-state index contributed by atoms with van der Waals surface area (Å²) < 4.78 is 5.46. The first-order valence-corrected chi connectivity index (χ1v) is 7.68. The monoisotopic (exact) mass is 416 g/mol. The van der Waals surface area contributed by atoms with Crippen LogP contribution in [-0.4, -0.2) is 57.2 Å². The van der Waals surface area contributed by atoms with Gasteiger partial charge in [0, 0.05) is 39.3 Å². The van der Waals surface area contributed by atoms with Crippen LogP contribution in [0.25, 0.3) is 0 Å². The van der Waals surface area contributed by atoms with Crippen LogP contribution in [0.2, 0.25) is 0 Å². The number of aliphatic imine (C=N–C) groups is 1. The van der Waals surface area contributed by atoms with Crippen LogP contribution in [0.15, 0.2) is 29.3 Å². The first kappa shape index (κ1) is 17.2. The molecule has 0 atom stereocenters. The lowest BCUT2D eigenvalue weighted by atomic mass is 10.2. The van der Waals surface area contributed by atoms with Crippen molar-refractivity contribution in [3.63, 3.8) is 0 Å². The lowest BCUT2D eigenvalue weighted by Gasteiger charge is -2.38. The van der Waals surface area contributed by atoms with Crippen molar-refractivity contribution in [3.05, 3.63) is 24.3 Å². The third-order valence-electron chi connectivity index (χ3n) is 4.13. The maximum absolute atomic E-state index is 5.46. The number of para-hydroxylation sites is 2. The SMILES string of the molecule is CN=C(NC1CC1)N1CCN(c2ccccc2OC)CC1.I. The van der Waals surface area contributed by atoms with E-state index in [2.05, 4.69) is 32.2 Å². The fraction of sp³-hybridized carbons (Fsp3) is 0.562. The van der Waals surface area contributed by atoms with Crippen molar-refractivity contribution in [2.75, 3.05) is 45.2 Å². The summed E-state index contributed by atoms with van der Waals surface area (Å²) in [6, 6.07) is 8.88. The van der Waals surface area contributed by atoms with Crippen LogP contribution < -0.4 is 15.0 Å². The van der Waals surface area contributed by atoms with Crippen LogP contribution in [0.5, 0.6) is 5.75 Å². The second kappa shape index (κ2) is 7.89. The second-order valence-corrected chi connectivity index (χ2v) is 5.61. The van der Waals surface area contributed by atoms with Crippen molar-refractivity contribution in [1.82, 2.24) is 10.2 Å². The molecule has 1 aliphatic carbocycles. The van der Waals surface area contributed by atoms with Crippen LogP contribution in [0.4, 0.5) is 5.69 Å². The summed E-state index contributed by atoms with van der Waals surface area (Å²) in [7, 11) is 3.60. The molecule has 1 aromatic carbocycles. The molecule has 0 unspecified atom stereocenters. The van der Waals surface area contributed by atoms with Crippen molar-refractivity contribution in [2.45, 2.75) is 18.9 Å². The molecule has 1 N–H and O–H groups in total. The molecule has 0 amide bonds. The van der Waals surface area contributed by atoms with E-state index in [4.69, 9.17) is 4.74 Å². The minimum atomic E-state index is 0. The molecule has 2 aliphatic rings. The van der Waals surface area contributed by atoms with Gasteiger partial charge in [-0.25, -0.2) is 0 Å². The number of nitrogens with one attached hydrogen (secondary N) is 1. The first-order chi connectivity index (χ1) is 10.3. The Morgan fingerprint density at radius 2 is 1.86 bits per heavy atom. The Balaban J connectivity index is 0.00000176. The van der Waals surface area contributed by atoms with E-state index in [0.29, 0.717) is 6.04 Å². The predicted octanol–water partition coefficient (Wildman–Crippen LogP) is 2.17. The molecule has 0 bridgehead atoms. The Hall–Kier alpha value is -1.18. The second-order valence-electron chi connectivity index (χ2n) is 5.61. The average Bonchev–Trinajstić information content (AvgIpc) is 3.37. The van der Waals surface area contributed by atoms with Crippen molar-refractivity contribution >= 4 is 35.6 Å². The Morgan fingerprint density at radius 1 is 1.18 bits per heavy atom. The van der Waals surface area contributed by atoms with Crippen molar-refractivity contribution in [2.24, 2.45) is 4.99 Å².